The summed E-state index contributed by atoms with van der Waals surface area (Å²) in [6.07, 6.45) is -4.58. The number of aromatic nitrogens is 3. The highest BCUT2D eigenvalue weighted by Gasteiger charge is 2.76. The van der Waals surface area contributed by atoms with Crippen LogP contribution < -0.4 is 10.2 Å². The molecule has 2 fully saturated rings. The summed E-state index contributed by atoms with van der Waals surface area (Å²) in [5.74, 6) is -0.517. The molecule has 0 saturated heterocycles. The Kier molecular flexibility index (Phi) is 6.38. The number of sulfonamides is 1. The molecular weight excluding hydrogens is 545 g/mol. The molecule has 0 aliphatic heterocycles. The molecule has 0 bridgehead atoms. The van der Waals surface area contributed by atoms with Crippen molar-refractivity contribution in [2.45, 2.75) is 43.3 Å². The first-order valence-electron chi connectivity index (χ1n) is 11.7. The van der Waals surface area contributed by atoms with Crippen molar-refractivity contribution in [2.24, 2.45) is 5.92 Å². The summed E-state index contributed by atoms with van der Waals surface area (Å²) in [6.45, 7) is 0.381. The Hall–Kier alpha value is -2.59. The number of nitrogens with one attached hydrogen (secondary N) is 1. The minimum absolute atomic E-state index is 0.168. The first-order chi connectivity index (χ1) is 17.6. The Morgan fingerprint density at radius 2 is 1.89 bits per heavy atom. The van der Waals surface area contributed by atoms with Gasteiger partial charge in [-0.3, -0.25) is 0 Å². The van der Waals surface area contributed by atoms with Gasteiger partial charge < -0.3 is 20.4 Å². The lowest BCUT2D eigenvalue weighted by Gasteiger charge is -2.28. The molecule has 2 aliphatic carbocycles. The lowest BCUT2D eigenvalue weighted by atomic mass is 10.1. The highest BCUT2D eigenvalue weighted by atomic mass is 32.2. The fourth-order valence-electron chi connectivity index (χ4n) is 5.36. The average Bonchev–Trinajstić information content (AvgIpc) is 3.07. The van der Waals surface area contributed by atoms with Crippen LogP contribution in [0.2, 0.25) is 0 Å². The maximum absolute atomic E-state index is 13.1. The number of likely N-dealkylation sites (N-methyl/N-ethyl adjacent to an activating group) is 1. The van der Waals surface area contributed by atoms with Gasteiger partial charge in [0.1, 0.15) is 29.1 Å². The van der Waals surface area contributed by atoms with Gasteiger partial charge in [-0.2, -0.15) is 22.5 Å². The van der Waals surface area contributed by atoms with Crippen LogP contribution in [-0.2, 0) is 10.0 Å². The monoisotopic (exact) mass is 572 g/mol. The van der Waals surface area contributed by atoms with Gasteiger partial charge in [0.05, 0.1) is 39.8 Å². The van der Waals surface area contributed by atoms with Gasteiger partial charge in [0.2, 0.25) is 16.0 Å². The van der Waals surface area contributed by atoms with Gasteiger partial charge in [0.25, 0.3) is 0 Å². The maximum atomic E-state index is 13.1. The number of hydrogen-bond acceptors (Lipinski definition) is 10. The summed E-state index contributed by atoms with van der Waals surface area (Å²) in [5, 5.41) is 25.8. The Morgan fingerprint density at radius 3 is 2.47 bits per heavy atom. The summed E-state index contributed by atoms with van der Waals surface area (Å²) >= 11 is 1.37. The van der Waals surface area contributed by atoms with Gasteiger partial charge in [-0.1, -0.05) is 12.1 Å². The van der Waals surface area contributed by atoms with Crippen LogP contribution in [0, 0.1) is 12.8 Å². The second-order valence-electron chi connectivity index (χ2n) is 9.94. The summed E-state index contributed by atoms with van der Waals surface area (Å²) < 4.78 is 65.2. The smallest absolute Gasteiger partial charge is 0.388 e. The third-order valence-electron chi connectivity index (χ3n) is 7.28. The highest BCUT2D eigenvalue weighted by Crippen LogP contribution is 2.59. The molecule has 0 spiro atoms. The number of alkyl halides is 3. The van der Waals surface area contributed by atoms with Crippen LogP contribution in [0.5, 0.6) is 0 Å². The minimum atomic E-state index is -4.47. The van der Waals surface area contributed by atoms with Crippen molar-refractivity contribution in [3.63, 3.8) is 0 Å². The van der Waals surface area contributed by atoms with E-state index < -0.39 is 52.5 Å². The van der Waals surface area contributed by atoms with E-state index in [1.54, 1.807) is 6.92 Å². The van der Waals surface area contributed by atoms with Crippen LogP contribution in [0.15, 0.2) is 24.3 Å². The fourth-order valence-corrected chi connectivity index (χ4v) is 7.15. The molecule has 38 heavy (non-hydrogen) atoms. The van der Waals surface area contributed by atoms with E-state index in [4.69, 9.17) is 0 Å². The first-order valence-corrected chi connectivity index (χ1v) is 14.4. The number of aliphatic hydroxyl groups excluding tert-OH is 1. The number of aliphatic hydroxyl groups is 2. The standard InChI is InChI=1S/C23H27F3N6O4S2/c1-11-16(20-29-13-7-5-6-8-15(13)37-20)19(30-21(27-11)31(2)10-22(24,25)26)28-14-9-12-17(23(12,34)18(14)33)32(3)38(4,35)36/h5-8,12,14,17-18,33-34H,9-10H2,1-4H3,(H,27,28,30). The number of nitrogens with zero attached hydrogens (tertiary/aromatic N) is 5. The SMILES string of the molecule is Cc1nc(N(C)CC(F)(F)F)nc(NC2CC3C(N(C)S(C)(=O)=O)C3(O)C2O)c1-c1nc2ccccc2s1. The van der Waals surface area contributed by atoms with E-state index in [1.165, 1.54) is 25.4 Å². The average molecular weight is 573 g/mol. The maximum Gasteiger partial charge on any atom is 0.406 e. The normalized spacial score (nSPS) is 27.1. The molecule has 3 N–H and O–H groups in total. The Morgan fingerprint density at radius 1 is 1.21 bits per heavy atom. The van der Waals surface area contributed by atoms with E-state index in [9.17, 15) is 31.8 Å². The van der Waals surface area contributed by atoms with E-state index >= 15 is 0 Å². The molecule has 3 aromatic rings. The first kappa shape index (κ1) is 27.0. The van der Waals surface area contributed by atoms with Gasteiger partial charge in [-0.05, 0) is 25.5 Å². The van der Waals surface area contributed by atoms with Crippen LogP contribution in [-0.4, -0.2) is 94.7 Å². The Labute approximate surface area is 221 Å². The van der Waals surface area contributed by atoms with Crippen LogP contribution in [0.3, 0.4) is 0 Å². The number of fused-ring (bicyclic) bond motifs is 2. The zero-order valence-corrected chi connectivity index (χ0v) is 22.6. The third kappa shape index (κ3) is 4.59. The van der Waals surface area contributed by atoms with E-state index in [1.807, 2.05) is 24.3 Å². The van der Waals surface area contributed by atoms with Gasteiger partial charge in [-0.15, -0.1) is 11.3 Å². The summed E-state index contributed by atoms with van der Waals surface area (Å²) in [4.78, 5) is 14.2. The predicted molar refractivity (Wildman–Crippen MR) is 138 cm³/mol. The summed E-state index contributed by atoms with van der Waals surface area (Å²) in [5.41, 5.74) is -0.0560. The third-order valence-corrected chi connectivity index (χ3v) is 9.61. The minimum Gasteiger partial charge on any atom is -0.388 e. The summed E-state index contributed by atoms with van der Waals surface area (Å²) in [7, 11) is -1.01. The number of halogens is 3. The predicted octanol–water partition coefficient (Wildman–Crippen LogP) is 2.23. The zero-order valence-electron chi connectivity index (χ0n) is 20.9. The lowest BCUT2D eigenvalue weighted by molar-refractivity contribution is -0.119. The molecule has 1 aromatic carbocycles. The van der Waals surface area contributed by atoms with Crippen LogP contribution >= 0.6 is 11.3 Å². The highest BCUT2D eigenvalue weighted by molar-refractivity contribution is 7.88. The van der Waals surface area contributed by atoms with E-state index in [0.717, 1.165) is 25.7 Å². The van der Waals surface area contributed by atoms with Gasteiger partial charge in [-0.25, -0.2) is 18.4 Å². The van der Waals surface area contributed by atoms with Crippen molar-refractivity contribution < 1.29 is 31.8 Å². The quantitative estimate of drug-likeness (QED) is 0.390. The second kappa shape index (κ2) is 8.98. The van der Waals surface area contributed by atoms with Crippen LogP contribution in [0.25, 0.3) is 20.8 Å². The molecule has 2 aliphatic rings. The largest absolute Gasteiger partial charge is 0.406 e. The molecule has 2 heterocycles. The van der Waals surface area contributed by atoms with Crippen LogP contribution in [0.1, 0.15) is 12.1 Å². The molecule has 5 atom stereocenters. The molecule has 5 unspecified atom stereocenters. The van der Waals surface area contributed by atoms with E-state index in [0.29, 0.717) is 16.3 Å². The molecule has 10 nitrogen and oxygen atoms in total. The fraction of sp³-hybridized carbons (Fsp3) is 0.522. The van der Waals surface area contributed by atoms with Crippen molar-refractivity contribution in [1.29, 1.82) is 0 Å². The van der Waals surface area contributed by atoms with Crippen molar-refractivity contribution in [3.05, 3.63) is 30.0 Å². The second-order valence-corrected chi connectivity index (χ2v) is 13.0. The van der Waals surface area contributed by atoms with Crippen molar-refractivity contribution in [1.82, 2.24) is 19.3 Å². The Balaban J connectivity index is 1.51. The summed E-state index contributed by atoms with van der Waals surface area (Å²) in [6, 6.07) is 5.94. The van der Waals surface area contributed by atoms with Crippen LogP contribution in [0.4, 0.5) is 24.9 Å². The number of rotatable bonds is 7. The number of aryl methyl sites for hydroxylation is 1. The lowest BCUT2D eigenvalue weighted by Crippen LogP contribution is -2.46. The topological polar surface area (TPSA) is 132 Å². The molecule has 0 radical (unpaired) electrons. The molecule has 15 heteroatoms. The molecule has 0 amide bonds. The Bertz CT molecular complexity index is 1470. The van der Waals surface area contributed by atoms with Crippen molar-refractivity contribution >= 4 is 43.3 Å². The van der Waals surface area contributed by atoms with Crippen molar-refractivity contribution in [2.75, 3.05) is 37.1 Å². The molecule has 206 valence electrons. The van der Waals surface area contributed by atoms with Crippen molar-refractivity contribution in [3.8, 4) is 10.6 Å². The zero-order chi connectivity index (χ0) is 27.8. The molecule has 5 rings (SSSR count). The van der Waals surface area contributed by atoms with E-state index in [-0.39, 0.29) is 18.2 Å². The van der Waals surface area contributed by atoms with Gasteiger partial charge >= 0.3 is 6.18 Å². The molecular formula is C23H27F3N6O4S2. The van der Waals surface area contributed by atoms with E-state index in [2.05, 4.69) is 20.3 Å². The number of hydrogen-bond donors (Lipinski definition) is 3. The molecule has 2 aromatic heterocycles. The molecule has 2 saturated carbocycles. The number of anilines is 2. The van der Waals surface area contributed by atoms with Gasteiger partial charge in [0, 0.05) is 20.0 Å². The van der Waals surface area contributed by atoms with Gasteiger partial charge in [0.15, 0.2) is 0 Å². The number of thiazole rings is 1. The number of benzene rings is 1. The number of para-hydroxylation sites is 1.